The molecule has 5 nitrogen and oxygen atoms in total. The fourth-order valence-corrected chi connectivity index (χ4v) is 1.55. The number of aromatic nitrogens is 2. The lowest BCUT2D eigenvalue weighted by Crippen LogP contribution is -2.29. The second-order valence-electron chi connectivity index (χ2n) is 2.91. The number of methoxy groups -OCH3 is 1. The minimum absolute atomic E-state index is 0.0657. The van der Waals surface area contributed by atoms with Crippen LogP contribution in [0, 0.1) is 0 Å². The summed E-state index contributed by atoms with van der Waals surface area (Å²) in [4.78, 5) is 1.99. The molecule has 0 spiro atoms. The number of hydrogen-bond acceptors (Lipinski definition) is 4. The quantitative estimate of drug-likeness (QED) is 0.635. The van der Waals surface area contributed by atoms with Gasteiger partial charge in [0.1, 0.15) is 0 Å². The van der Waals surface area contributed by atoms with Gasteiger partial charge in [-0.25, -0.2) is 4.68 Å². The van der Waals surface area contributed by atoms with Crippen LogP contribution in [0.25, 0.3) is 0 Å². The van der Waals surface area contributed by atoms with Crippen LogP contribution in [0.1, 0.15) is 0 Å². The van der Waals surface area contributed by atoms with Gasteiger partial charge in [-0.05, 0) is 0 Å². The molecule has 5 heteroatoms. The highest BCUT2D eigenvalue weighted by Gasteiger charge is 2.28. The summed E-state index contributed by atoms with van der Waals surface area (Å²) in [5.41, 5.74) is 6.42. The fraction of sp³-hybridized carbons (Fsp3) is 0.571. The van der Waals surface area contributed by atoms with Crippen molar-refractivity contribution in [3.05, 3.63) is 6.20 Å². The third-order valence-electron chi connectivity index (χ3n) is 2.21. The monoisotopic (exact) mass is 168 g/mol. The van der Waals surface area contributed by atoms with Crippen LogP contribution in [-0.2, 0) is 11.3 Å². The van der Waals surface area contributed by atoms with Crippen molar-refractivity contribution < 1.29 is 4.74 Å². The van der Waals surface area contributed by atoms with E-state index in [2.05, 4.69) is 5.10 Å². The van der Waals surface area contributed by atoms with Gasteiger partial charge < -0.3 is 15.4 Å². The first-order valence-corrected chi connectivity index (χ1v) is 3.81. The topological polar surface area (TPSA) is 56.3 Å². The molecule has 0 bridgehead atoms. The van der Waals surface area contributed by atoms with Crippen LogP contribution in [-0.4, -0.2) is 30.2 Å². The Labute approximate surface area is 70.7 Å². The molecular weight excluding hydrogens is 156 g/mol. The van der Waals surface area contributed by atoms with Crippen LogP contribution < -0.4 is 10.6 Å². The molecule has 0 radical (unpaired) electrons. The van der Waals surface area contributed by atoms with E-state index in [9.17, 15) is 0 Å². The summed E-state index contributed by atoms with van der Waals surface area (Å²) in [7, 11) is 3.63. The first-order valence-electron chi connectivity index (χ1n) is 3.81. The van der Waals surface area contributed by atoms with E-state index in [1.165, 1.54) is 0 Å². The lowest BCUT2D eigenvalue weighted by atomic mass is 10.5. The van der Waals surface area contributed by atoms with E-state index in [-0.39, 0.29) is 6.23 Å². The SMILES string of the molecule is COC1Cn2ncc(N)c2N1C. The van der Waals surface area contributed by atoms with E-state index in [0.717, 1.165) is 12.4 Å². The Morgan fingerprint density at radius 3 is 3.08 bits per heavy atom. The average molecular weight is 168 g/mol. The molecule has 0 aromatic carbocycles. The van der Waals surface area contributed by atoms with Gasteiger partial charge in [0.05, 0.1) is 18.4 Å². The summed E-state index contributed by atoms with van der Waals surface area (Å²) in [6, 6.07) is 0. The standard InChI is InChI=1S/C7H12N4O/c1-10-6(12-2)4-11-7(10)5(8)3-9-11/h3,6H,4,8H2,1-2H3. The number of hydrogen-bond donors (Lipinski definition) is 1. The third kappa shape index (κ3) is 0.797. The number of anilines is 2. The highest BCUT2D eigenvalue weighted by molar-refractivity contribution is 5.63. The van der Waals surface area contributed by atoms with Crippen LogP contribution in [0.15, 0.2) is 6.20 Å². The Morgan fingerprint density at radius 2 is 2.50 bits per heavy atom. The molecule has 1 unspecified atom stereocenters. The summed E-state index contributed by atoms with van der Waals surface area (Å²) >= 11 is 0. The molecule has 0 saturated carbocycles. The Kier molecular flexibility index (Phi) is 1.47. The minimum atomic E-state index is 0.0657. The predicted octanol–water partition coefficient (Wildman–Crippen LogP) is -0.112. The molecule has 1 atom stereocenters. The average Bonchev–Trinajstić information content (AvgIpc) is 2.55. The van der Waals surface area contributed by atoms with E-state index in [4.69, 9.17) is 10.5 Å². The molecule has 0 aliphatic carbocycles. The molecule has 2 N–H and O–H groups in total. The molecule has 12 heavy (non-hydrogen) atoms. The molecule has 1 aliphatic rings. The molecule has 1 aromatic heterocycles. The highest BCUT2D eigenvalue weighted by Crippen LogP contribution is 2.29. The number of rotatable bonds is 1. The molecule has 1 aliphatic heterocycles. The van der Waals surface area contributed by atoms with Crippen LogP contribution in [0.5, 0.6) is 0 Å². The van der Waals surface area contributed by atoms with E-state index in [1.807, 2.05) is 16.6 Å². The number of nitrogen functional groups attached to an aromatic ring is 1. The Hall–Kier alpha value is -1.23. The highest BCUT2D eigenvalue weighted by atomic mass is 16.5. The molecule has 0 fully saturated rings. The smallest absolute Gasteiger partial charge is 0.152 e. The molecule has 2 heterocycles. The maximum atomic E-state index is 5.72. The van der Waals surface area contributed by atoms with E-state index in [0.29, 0.717) is 5.69 Å². The van der Waals surface area contributed by atoms with Crippen LogP contribution >= 0.6 is 0 Å². The van der Waals surface area contributed by atoms with Crippen molar-refractivity contribution >= 4 is 11.5 Å². The molecule has 1 aromatic rings. The van der Waals surface area contributed by atoms with Gasteiger partial charge in [-0.2, -0.15) is 5.10 Å². The van der Waals surface area contributed by atoms with Gasteiger partial charge in [-0.1, -0.05) is 0 Å². The maximum Gasteiger partial charge on any atom is 0.152 e. The molecule has 66 valence electrons. The van der Waals surface area contributed by atoms with Gasteiger partial charge in [0, 0.05) is 14.2 Å². The molecular formula is C7H12N4O. The van der Waals surface area contributed by atoms with Crippen molar-refractivity contribution in [2.75, 3.05) is 24.8 Å². The zero-order valence-corrected chi connectivity index (χ0v) is 7.19. The molecule has 0 amide bonds. The van der Waals surface area contributed by atoms with Crippen LogP contribution in [0.3, 0.4) is 0 Å². The number of ether oxygens (including phenoxy) is 1. The molecule has 0 saturated heterocycles. The first kappa shape index (κ1) is 7.42. The summed E-state index contributed by atoms with van der Waals surface area (Å²) in [5, 5.41) is 4.11. The summed E-state index contributed by atoms with van der Waals surface area (Å²) in [6.45, 7) is 0.750. The van der Waals surface area contributed by atoms with Gasteiger partial charge in [0.15, 0.2) is 12.0 Å². The normalized spacial score (nSPS) is 21.5. The van der Waals surface area contributed by atoms with Crippen molar-refractivity contribution in [2.24, 2.45) is 0 Å². The lowest BCUT2D eigenvalue weighted by Gasteiger charge is -2.18. The zero-order valence-electron chi connectivity index (χ0n) is 7.19. The fourth-order valence-electron chi connectivity index (χ4n) is 1.55. The Morgan fingerprint density at radius 1 is 1.75 bits per heavy atom. The minimum Gasteiger partial charge on any atom is -0.394 e. The second-order valence-corrected chi connectivity index (χ2v) is 2.91. The predicted molar refractivity (Wildman–Crippen MR) is 45.8 cm³/mol. The van der Waals surface area contributed by atoms with E-state index < -0.39 is 0 Å². The number of likely N-dealkylation sites (N-methyl/N-ethyl adjacent to an activating group) is 1. The summed E-state index contributed by atoms with van der Waals surface area (Å²) < 4.78 is 7.08. The number of fused-ring (bicyclic) bond motifs is 1. The van der Waals surface area contributed by atoms with Crippen LogP contribution in [0.4, 0.5) is 11.5 Å². The van der Waals surface area contributed by atoms with Crippen molar-refractivity contribution in [1.82, 2.24) is 9.78 Å². The largest absolute Gasteiger partial charge is 0.394 e. The summed E-state index contributed by atoms with van der Waals surface area (Å²) in [6.07, 6.45) is 1.73. The van der Waals surface area contributed by atoms with E-state index >= 15 is 0 Å². The Bertz CT molecular complexity index is 296. The first-order chi connectivity index (χ1) is 5.74. The van der Waals surface area contributed by atoms with Crippen molar-refractivity contribution in [3.63, 3.8) is 0 Å². The molecule has 2 rings (SSSR count). The van der Waals surface area contributed by atoms with Gasteiger partial charge in [-0.15, -0.1) is 0 Å². The number of nitrogens with zero attached hydrogens (tertiary/aromatic N) is 3. The second kappa shape index (κ2) is 2.38. The van der Waals surface area contributed by atoms with E-state index in [1.54, 1.807) is 13.3 Å². The lowest BCUT2D eigenvalue weighted by molar-refractivity contribution is 0.100. The maximum absolute atomic E-state index is 5.72. The van der Waals surface area contributed by atoms with Gasteiger partial charge >= 0.3 is 0 Å². The number of nitrogens with two attached hydrogens (primary N) is 1. The zero-order chi connectivity index (χ0) is 8.72. The van der Waals surface area contributed by atoms with Gasteiger partial charge in [0.25, 0.3) is 0 Å². The summed E-state index contributed by atoms with van der Waals surface area (Å²) in [5.74, 6) is 0.946. The van der Waals surface area contributed by atoms with Crippen molar-refractivity contribution in [3.8, 4) is 0 Å². The van der Waals surface area contributed by atoms with Crippen molar-refractivity contribution in [1.29, 1.82) is 0 Å². The Balaban J connectivity index is 2.37. The third-order valence-corrected chi connectivity index (χ3v) is 2.21. The van der Waals surface area contributed by atoms with Crippen LogP contribution in [0.2, 0.25) is 0 Å². The van der Waals surface area contributed by atoms with Crippen molar-refractivity contribution in [2.45, 2.75) is 12.8 Å². The van der Waals surface area contributed by atoms with Gasteiger partial charge in [0.2, 0.25) is 0 Å². The van der Waals surface area contributed by atoms with Gasteiger partial charge in [-0.3, -0.25) is 0 Å².